The Hall–Kier alpha value is -1.42. The van der Waals surface area contributed by atoms with Crippen molar-refractivity contribution in [2.24, 2.45) is 5.11 Å². The van der Waals surface area contributed by atoms with Crippen molar-refractivity contribution in [2.45, 2.75) is 19.4 Å². The Morgan fingerprint density at radius 3 is 3.00 bits per heavy atom. The average molecular weight is 172 g/mol. The Morgan fingerprint density at radius 1 is 1.83 bits per heavy atom. The maximum absolute atomic E-state index is 10.6. The Bertz CT molecular complexity index is 188. The highest BCUT2D eigenvalue weighted by Crippen LogP contribution is 1.91. The van der Waals surface area contributed by atoms with Crippen molar-refractivity contribution in [2.75, 3.05) is 13.7 Å². The first kappa shape index (κ1) is 10.6. The van der Waals surface area contributed by atoms with Gasteiger partial charge in [0, 0.05) is 17.5 Å². The van der Waals surface area contributed by atoms with Crippen LogP contribution in [-0.2, 0) is 4.74 Å². The predicted octanol–water partition coefficient (Wildman–Crippen LogP) is 1.43. The van der Waals surface area contributed by atoms with Gasteiger partial charge in [0.15, 0.2) is 0 Å². The second kappa shape index (κ2) is 6.30. The van der Waals surface area contributed by atoms with Gasteiger partial charge in [-0.3, -0.25) is 0 Å². The van der Waals surface area contributed by atoms with Gasteiger partial charge in [0.1, 0.15) is 0 Å². The van der Waals surface area contributed by atoms with E-state index in [0.717, 1.165) is 0 Å². The summed E-state index contributed by atoms with van der Waals surface area (Å²) in [6, 6.07) is -0.0389. The third kappa shape index (κ3) is 5.37. The number of alkyl carbamates (subject to hydrolysis) is 1. The molecule has 6 heteroatoms. The van der Waals surface area contributed by atoms with E-state index in [1.807, 2.05) is 6.92 Å². The van der Waals surface area contributed by atoms with E-state index < -0.39 is 6.09 Å². The zero-order chi connectivity index (χ0) is 9.40. The lowest BCUT2D eigenvalue weighted by Gasteiger charge is -2.10. The fourth-order valence-electron chi connectivity index (χ4n) is 0.628. The summed E-state index contributed by atoms with van der Waals surface area (Å²) in [4.78, 5) is 13.2. The van der Waals surface area contributed by atoms with Crippen molar-refractivity contribution < 1.29 is 9.53 Å². The number of carbonyl (C=O) groups excluding carboxylic acids is 1. The lowest BCUT2D eigenvalue weighted by Crippen LogP contribution is -2.32. The predicted molar refractivity (Wildman–Crippen MR) is 43.6 cm³/mol. The second-order valence-corrected chi connectivity index (χ2v) is 2.28. The van der Waals surface area contributed by atoms with Crippen molar-refractivity contribution in [1.29, 1.82) is 0 Å². The minimum atomic E-state index is -0.469. The van der Waals surface area contributed by atoms with Crippen LogP contribution in [0.2, 0.25) is 0 Å². The van der Waals surface area contributed by atoms with Crippen LogP contribution in [-0.4, -0.2) is 25.8 Å². The summed E-state index contributed by atoms with van der Waals surface area (Å²) in [6.07, 6.45) is 0.141. The fourth-order valence-corrected chi connectivity index (χ4v) is 0.628. The molecule has 12 heavy (non-hydrogen) atoms. The van der Waals surface area contributed by atoms with Crippen LogP contribution < -0.4 is 5.32 Å². The summed E-state index contributed by atoms with van der Waals surface area (Å²) >= 11 is 0. The van der Waals surface area contributed by atoms with Gasteiger partial charge in [0.25, 0.3) is 0 Å². The quantitative estimate of drug-likeness (QED) is 0.395. The normalized spacial score (nSPS) is 11.2. The molecule has 0 aliphatic rings. The second-order valence-electron chi connectivity index (χ2n) is 2.28. The monoisotopic (exact) mass is 172 g/mol. The van der Waals surface area contributed by atoms with E-state index >= 15 is 0 Å². The molecule has 1 unspecified atom stereocenters. The Kier molecular flexibility index (Phi) is 5.55. The standard InChI is InChI=1S/C6H12N4O2/c1-5(3-4-8-10-7)9-6(11)12-2/h5H,3-4H2,1-2H3,(H,9,11). The molecule has 0 fully saturated rings. The third-order valence-electron chi connectivity index (χ3n) is 1.28. The largest absolute Gasteiger partial charge is 0.453 e. The molecule has 0 aromatic heterocycles. The SMILES string of the molecule is COC(=O)NC(C)CCN=[N+]=[N-]. The number of hydrogen-bond acceptors (Lipinski definition) is 3. The summed E-state index contributed by atoms with van der Waals surface area (Å²) in [5.74, 6) is 0. The van der Waals surface area contributed by atoms with Crippen LogP contribution in [0.4, 0.5) is 4.79 Å². The van der Waals surface area contributed by atoms with Crippen molar-refractivity contribution in [1.82, 2.24) is 5.32 Å². The molecule has 1 N–H and O–H groups in total. The molecule has 6 nitrogen and oxygen atoms in total. The van der Waals surface area contributed by atoms with Crippen LogP contribution in [0.5, 0.6) is 0 Å². The highest BCUT2D eigenvalue weighted by Gasteiger charge is 2.04. The van der Waals surface area contributed by atoms with Gasteiger partial charge in [0.05, 0.1) is 7.11 Å². The number of methoxy groups -OCH3 is 1. The molecule has 68 valence electrons. The first-order valence-corrected chi connectivity index (χ1v) is 3.56. The van der Waals surface area contributed by atoms with Gasteiger partial charge >= 0.3 is 6.09 Å². The van der Waals surface area contributed by atoms with Gasteiger partial charge < -0.3 is 10.1 Å². The van der Waals surface area contributed by atoms with Gasteiger partial charge in [-0.2, -0.15) is 0 Å². The number of ether oxygens (including phenoxy) is 1. The van der Waals surface area contributed by atoms with Gasteiger partial charge in [0.2, 0.25) is 0 Å². The average Bonchev–Trinajstić information content (AvgIpc) is 2.05. The van der Waals surface area contributed by atoms with E-state index in [2.05, 4.69) is 20.1 Å². The van der Waals surface area contributed by atoms with Crippen molar-refractivity contribution >= 4 is 6.09 Å². The fraction of sp³-hybridized carbons (Fsp3) is 0.833. The Morgan fingerprint density at radius 2 is 2.50 bits per heavy atom. The van der Waals surface area contributed by atoms with Crippen LogP contribution in [0.25, 0.3) is 10.4 Å². The zero-order valence-corrected chi connectivity index (χ0v) is 7.15. The number of amides is 1. The van der Waals surface area contributed by atoms with Gasteiger partial charge in [-0.25, -0.2) is 4.79 Å². The van der Waals surface area contributed by atoms with Crippen molar-refractivity contribution in [3.63, 3.8) is 0 Å². The molecule has 0 aromatic carbocycles. The molecule has 0 heterocycles. The molecule has 0 rings (SSSR count). The lowest BCUT2D eigenvalue weighted by molar-refractivity contribution is 0.167. The summed E-state index contributed by atoms with van der Waals surface area (Å²) in [5.41, 5.74) is 7.95. The molecule has 1 atom stereocenters. The highest BCUT2D eigenvalue weighted by molar-refractivity contribution is 5.67. The first-order chi connectivity index (χ1) is 5.70. The molecule has 0 aromatic rings. The molecule has 0 bridgehead atoms. The molecule has 0 aliphatic heterocycles. The highest BCUT2D eigenvalue weighted by atomic mass is 16.5. The molecule has 0 spiro atoms. The molecule has 0 saturated heterocycles. The number of carbonyl (C=O) groups is 1. The van der Waals surface area contributed by atoms with Crippen LogP contribution in [0.1, 0.15) is 13.3 Å². The van der Waals surface area contributed by atoms with E-state index in [-0.39, 0.29) is 6.04 Å². The van der Waals surface area contributed by atoms with Gasteiger partial charge in [-0.05, 0) is 18.9 Å². The Balaban J connectivity index is 3.51. The number of azide groups is 1. The molecule has 0 radical (unpaired) electrons. The van der Waals surface area contributed by atoms with E-state index in [4.69, 9.17) is 5.53 Å². The van der Waals surface area contributed by atoms with E-state index in [1.165, 1.54) is 7.11 Å². The number of nitrogens with one attached hydrogen (secondary N) is 1. The van der Waals surface area contributed by atoms with Crippen molar-refractivity contribution in [3.8, 4) is 0 Å². The number of hydrogen-bond donors (Lipinski definition) is 1. The summed E-state index contributed by atoms with van der Waals surface area (Å²) in [7, 11) is 1.30. The van der Waals surface area contributed by atoms with E-state index in [0.29, 0.717) is 13.0 Å². The Labute approximate surface area is 70.5 Å². The maximum atomic E-state index is 10.6. The molecule has 1 amide bonds. The van der Waals surface area contributed by atoms with Crippen LogP contribution in [0.15, 0.2) is 5.11 Å². The molecular formula is C6H12N4O2. The smallest absolute Gasteiger partial charge is 0.407 e. The zero-order valence-electron chi connectivity index (χ0n) is 7.15. The summed E-state index contributed by atoms with van der Waals surface area (Å²) in [5, 5.41) is 5.88. The summed E-state index contributed by atoms with van der Waals surface area (Å²) < 4.78 is 4.37. The van der Waals surface area contributed by atoms with Gasteiger partial charge in [-0.15, -0.1) is 0 Å². The summed E-state index contributed by atoms with van der Waals surface area (Å²) in [6.45, 7) is 2.19. The van der Waals surface area contributed by atoms with E-state index in [1.54, 1.807) is 0 Å². The minimum absolute atomic E-state index is 0.0389. The topological polar surface area (TPSA) is 87.1 Å². The lowest BCUT2D eigenvalue weighted by atomic mass is 10.2. The van der Waals surface area contributed by atoms with Crippen LogP contribution in [0, 0.1) is 0 Å². The third-order valence-corrected chi connectivity index (χ3v) is 1.28. The minimum Gasteiger partial charge on any atom is -0.453 e. The van der Waals surface area contributed by atoms with E-state index in [9.17, 15) is 4.79 Å². The van der Waals surface area contributed by atoms with Crippen LogP contribution >= 0.6 is 0 Å². The maximum Gasteiger partial charge on any atom is 0.407 e. The number of rotatable bonds is 4. The molecule has 0 saturated carbocycles. The van der Waals surface area contributed by atoms with Gasteiger partial charge in [-0.1, -0.05) is 5.11 Å². The van der Waals surface area contributed by atoms with Crippen molar-refractivity contribution in [3.05, 3.63) is 10.4 Å². The van der Waals surface area contributed by atoms with Crippen LogP contribution in [0.3, 0.4) is 0 Å². The molecular weight excluding hydrogens is 160 g/mol. The number of nitrogens with zero attached hydrogens (tertiary/aromatic N) is 3. The first-order valence-electron chi connectivity index (χ1n) is 3.56. The molecule has 0 aliphatic carbocycles.